The van der Waals surface area contributed by atoms with Gasteiger partial charge in [-0.25, -0.2) is 4.79 Å². The number of aliphatic hydroxyl groups excluding tert-OH is 1. The summed E-state index contributed by atoms with van der Waals surface area (Å²) in [6, 6.07) is -0.598. The van der Waals surface area contributed by atoms with E-state index in [0.717, 1.165) is 18.1 Å². The van der Waals surface area contributed by atoms with Crippen molar-refractivity contribution in [1.82, 2.24) is 25.6 Å². The van der Waals surface area contributed by atoms with E-state index in [1.807, 2.05) is 4.90 Å². The summed E-state index contributed by atoms with van der Waals surface area (Å²) in [5.74, 6) is -0.826. The zero-order valence-electron chi connectivity index (χ0n) is 14.5. The Morgan fingerprint density at radius 3 is 2.38 bits per heavy atom. The lowest BCUT2D eigenvalue weighted by molar-refractivity contribution is -0.139. The van der Waals surface area contributed by atoms with E-state index in [0.29, 0.717) is 26.1 Å². The van der Waals surface area contributed by atoms with E-state index >= 15 is 0 Å². The van der Waals surface area contributed by atoms with Crippen LogP contribution in [0.2, 0.25) is 0 Å². The van der Waals surface area contributed by atoms with Gasteiger partial charge in [0.25, 0.3) is 11.8 Å². The van der Waals surface area contributed by atoms with Gasteiger partial charge in [0.05, 0.1) is 12.6 Å². The number of hydrazine groups is 1. The molecule has 24 heavy (non-hydrogen) atoms. The summed E-state index contributed by atoms with van der Waals surface area (Å²) in [6.07, 6.45) is 0.0854. The number of carbonyl (C=O) groups is 3. The van der Waals surface area contributed by atoms with Crippen LogP contribution in [-0.4, -0.2) is 88.7 Å². The van der Waals surface area contributed by atoms with E-state index in [1.54, 1.807) is 20.8 Å². The maximum Gasteiger partial charge on any atom is 0.344 e. The van der Waals surface area contributed by atoms with Gasteiger partial charge in [0.15, 0.2) is 0 Å². The van der Waals surface area contributed by atoms with E-state index < -0.39 is 17.5 Å². The van der Waals surface area contributed by atoms with Crippen molar-refractivity contribution in [2.75, 3.05) is 39.3 Å². The Bertz CT molecular complexity index is 504. The second-order valence-electron chi connectivity index (χ2n) is 6.72. The maximum atomic E-state index is 12.2. The summed E-state index contributed by atoms with van der Waals surface area (Å²) in [5.41, 5.74) is 1.43. The highest BCUT2D eigenvalue weighted by Gasteiger charge is 2.47. The molecule has 0 aromatic heterocycles. The number of rotatable bonds is 6. The summed E-state index contributed by atoms with van der Waals surface area (Å²) in [6.45, 7) is 8.89. The van der Waals surface area contributed by atoms with Crippen molar-refractivity contribution >= 4 is 17.8 Å². The van der Waals surface area contributed by atoms with Crippen LogP contribution in [0.5, 0.6) is 0 Å². The number of hydrogen-bond donors (Lipinski definition) is 3. The van der Waals surface area contributed by atoms with Crippen LogP contribution in [0.1, 0.15) is 27.2 Å². The number of carbonyl (C=O) groups excluding carboxylic acids is 3. The minimum absolute atomic E-state index is 0.127. The van der Waals surface area contributed by atoms with E-state index in [1.165, 1.54) is 0 Å². The van der Waals surface area contributed by atoms with Crippen molar-refractivity contribution < 1.29 is 19.5 Å². The molecule has 2 aliphatic rings. The third-order valence-electron chi connectivity index (χ3n) is 4.56. The van der Waals surface area contributed by atoms with Gasteiger partial charge >= 0.3 is 6.03 Å². The highest BCUT2D eigenvalue weighted by molar-refractivity contribution is 6.07. The summed E-state index contributed by atoms with van der Waals surface area (Å²) in [5, 5.41) is 12.8. The quantitative estimate of drug-likeness (QED) is 0.521. The number of hydrogen-bond acceptors (Lipinski definition) is 6. The van der Waals surface area contributed by atoms with Gasteiger partial charge < -0.3 is 10.4 Å². The third kappa shape index (κ3) is 4.22. The van der Waals surface area contributed by atoms with Crippen LogP contribution in [0.3, 0.4) is 0 Å². The van der Waals surface area contributed by atoms with E-state index in [9.17, 15) is 19.5 Å². The molecule has 2 unspecified atom stereocenters. The molecule has 0 spiro atoms. The van der Waals surface area contributed by atoms with Gasteiger partial charge in [0, 0.05) is 32.7 Å². The van der Waals surface area contributed by atoms with Gasteiger partial charge in [-0.3, -0.25) is 24.8 Å². The zero-order valence-corrected chi connectivity index (χ0v) is 14.5. The van der Waals surface area contributed by atoms with Gasteiger partial charge in [-0.2, -0.15) is 5.01 Å². The molecule has 2 rings (SSSR count). The van der Waals surface area contributed by atoms with Crippen molar-refractivity contribution in [2.24, 2.45) is 0 Å². The predicted octanol–water partition coefficient (Wildman–Crippen LogP) is -1.26. The van der Waals surface area contributed by atoms with Crippen LogP contribution in [-0.2, 0) is 9.59 Å². The number of nitrogens with one attached hydrogen (secondary N) is 2. The van der Waals surface area contributed by atoms with Crippen LogP contribution in [0.15, 0.2) is 0 Å². The first-order valence-corrected chi connectivity index (χ1v) is 8.34. The lowest BCUT2D eigenvalue weighted by Gasteiger charge is -2.34. The molecular formula is C15H27N5O4. The molecule has 2 atom stereocenters. The number of amides is 4. The predicted molar refractivity (Wildman–Crippen MR) is 86.8 cm³/mol. The standard InChI is InChI=1S/C15H27N5O4/c1-4-15(3)13(23)20(14(24)16-15)17-12(22)10-19-7-5-18(6-8-19)9-11(2)21/h11,21H,4-10H2,1-3H3,(H,16,24)(H,17,22). The fourth-order valence-electron chi connectivity index (χ4n) is 2.89. The second-order valence-corrected chi connectivity index (χ2v) is 6.72. The average Bonchev–Trinajstić information content (AvgIpc) is 2.73. The third-order valence-corrected chi connectivity index (χ3v) is 4.56. The topological polar surface area (TPSA) is 105 Å². The van der Waals surface area contributed by atoms with Crippen LogP contribution < -0.4 is 10.7 Å². The highest BCUT2D eigenvalue weighted by atomic mass is 16.3. The first kappa shape index (κ1) is 18.6. The van der Waals surface area contributed by atoms with Crippen molar-refractivity contribution in [3.8, 4) is 0 Å². The summed E-state index contributed by atoms with van der Waals surface area (Å²) in [7, 11) is 0. The normalized spacial score (nSPS) is 27.2. The molecule has 2 heterocycles. The monoisotopic (exact) mass is 341 g/mol. The lowest BCUT2D eigenvalue weighted by Crippen LogP contribution is -2.54. The van der Waals surface area contributed by atoms with Crippen LogP contribution >= 0.6 is 0 Å². The van der Waals surface area contributed by atoms with Crippen molar-refractivity contribution in [3.63, 3.8) is 0 Å². The highest BCUT2D eigenvalue weighted by Crippen LogP contribution is 2.19. The van der Waals surface area contributed by atoms with Gasteiger partial charge in [-0.1, -0.05) is 6.92 Å². The second kappa shape index (κ2) is 7.45. The number of aliphatic hydroxyl groups is 1. The first-order valence-electron chi connectivity index (χ1n) is 8.34. The van der Waals surface area contributed by atoms with E-state index in [-0.39, 0.29) is 18.6 Å². The maximum absolute atomic E-state index is 12.2. The molecule has 4 amide bonds. The van der Waals surface area contributed by atoms with Gasteiger partial charge in [-0.15, -0.1) is 0 Å². The smallest absolute Gasteiger partial charge is 0.344 e. The molecule has 0 aromatic carbocycles. The van der Waals surface area contributed by atoms with Gasteiger partial charge in [0.1, 0.15) is 5.54 Å². The number of β-amino-alcohol motifs (C(OH)–C–C–N with tert-alkyl or cyclic N) is 1. The fraction of sp³-hybridized carbons (Fsp3) is 0.800. The Hall–Kier alpha value is -1.71. The summed E-state index contributed by atoms with van der Waals surface area (Å²) in [4.78, 5) is 40.3. The molecule has 2 fully saturated rings. The van der Waals surface area contributed by atoms with Crippen molar-refractivity contribution in [3.05, 3.63) is 0 Å². The van der Waals surface area contributed by atoms with Crippen LogP contribution in [0, 0.1) is 0 Å². The number of urea groups is 1. The minimum Gasteiger partial charge on any atom is -0.392 e. The molecule has 0 radical (unpaired) electrons. The Morgan fingerprint density at radius 1 is 1.29 bits per heavy atom. The molecule has 136 valence electrons. The fourth-order valence-corrected chi connectivity index (χ4v) is 2.89. The van der Waals surface area contributed by atoms with Crippen molar-refractivity contribution in [2.45, 2.75) is 38.8 Å². The lowest BCUT2D eigenvalue weighted by atomic mass is 10.00. The van der Waals surface area contributed by atoms with E-state index in [4.69, 9.17) is 0 Å². The molecule has 3 N–H and O–H groups in total. The minimum atomic E-state index is -0.961. The Labute approximate surface area is 141 Å². The molecule has 0 aliphatic carbocycles. The van der Waals surface area contributed by atoms with E-state index in [2.05, 4.69) is 15.6 Å². The van der Waals surface area contributed by atoms with Gasteiger partial charge in [0.2, 0.25) is 0 Å². The zero-order chi connectivity index (χ0) is 17.9. The number of piperazine rings is 1. The molecule has 2 aliphatic heterocycles. The van der Waals surface area contributed by atoms with Crippen molar-refractivity contribution in [1.29, 1.82) is 0 Å². The summed E-state index contributed by atoms with van der Waals surface area (Å²) < 4.78 is 0. The molecule has 0 bridgehead atoms. The van der Waals surface area contributed by atoms with Crippen LogP contribution in [0.25, 0.3) is 0 Å². The molecule has 9 nitrogen and oxygen atoms in total. The Morgan fingerprint density at radius 2 is 1.88 bits per heavy atom. The largest absolute Gasteiger partial charge is 0.392 e. The molecule has 0 aromatic rings. The molecule has 9 heteroatoms. The molecule has 0 saturated carbocycles. The molecular weight excluding hydrogens is 314 g/mol. The number of nitrogens with zero attached hydrogens (tertiary/aromatic N) is 3. The number of imide groups is 1. The SMILES string of the molecule is CCC1(C)NC(=O)N(NC(=O)CN2CCN(CC(C)O)CC2)C1=O. The first-order chi connectivity index (χ1) is 11.2. The van der Waals surface area contributed by atoms with Crippen LogP contribution in [0.4, 0.5) is 4.79 Å². The van der Waals surface area contributed by atoms with Gasteiger partial charge in [-0.05, 0) is 20.3 Å². The molecule has 2 saturated heterocycles. The Balaban J connectivity index is 1.80. The Kier molecular flexibility index (Phi) is 5.79. The summed E-state index contributed by atoms with van der Waals surface area (Å²) >= 11 is 0. The average molecular weight is 341 g/mol.